The lowest BCUT2D eigenvalue weighted by molar-refractivity contribution is 0.298. The number of hydrogen-bond acceptors (Lipinski definition) is 2. The van der Waals surface area contributed by atoms with E-state index in [1.54, 1.807) is 17.3 Å². The highest BCUT2D eigenvalue weighted by Crippen LogP contribution is 2.39. The van der Waals surface area contributed by atoms with Crippen molar-refractivity contribution in [3.8, 4) is 0 Å². The van der Waals surface area contributed by atoms with Gasteiger partial charge in [0.2, 0.25) is 0 Å². The molecule has 0 saturated carbocycles. The lowest BCUT2D eigenvalue weighted by Crippen LogP contribution is -2.41. The van der Waals surface area contributed by atoms with Crippen molar-refractivity contribution < 1.29 is 0 Å². The molecule has 1 N–H and O–H groups in total. The Hall–Kier alpha value is -2.71. The molecule has 0 aromatic heterocycles. The van der Waals surface area contributed by atoms with Gasteiger partial charge in [-0.05, 0) is 78.8 Å². The first-order valence-corrected chi connectivity index (χ1v) is 12.2. The highest BCUT2D eigenvalue weighted by molar-refractivity contribution is 5.72. The van der Waals surface area contributed by atoms with E-state index in [-0.39, 0.29) is 5.41 Å². The summed E-state index contributed by atoms with van der Waals surface area (Å²) in [6, 6.07) is 28.7. The zero-order valence-electron chi connectivity index (χ0n) is 19.0. The zero-order chi connectivity index (χ0) is 21.8. The number of rotatable bonds is 8. The third kappa shape index (κ3) is 4.29. The van der Waals surface area contributed by atoms with Gasteiger partial charge in [0, 0.05) is 24.7 Å². The first kappa shape index (κ1) is 21.2. The normalized spacial score (nSPS) is 20.1. The van der Waals surface area contributed by atoms with Crippen LogP contribution in [-0.2, 0) is 31.1 Å². The standard InChI is InChI=1S/C30H34N2/c31-23-30(28-12-5-2-6-13-28,21-25-8-3-1-4-9-25)29-17-19-32(22-29)18-16-24-14-15-26-10-7-11-27(26)20-24/h1-6,8-9,12-15,20,23,29,31H,7,10-11,16-19,21-22H2. The largest absolute Gasteiger partial charge is 0.312 e. The van der Waals surface area contributed by atoms with Crippen LogP contribution >= 0.6 is 0 Å². The second-order valence-corrected chi connectivity index (χ2v) is 9.71. The fourth-order valence-electron chi connectivity index (χ4n) is 5.94. The Labute approximate surface area is 192 Å². The number of hydrogen-bond donors (Lipinski definition) is 1. The van der Waals surface area contributed by atoms with E-state index in [0.29, 0.717) is 5.92 Å². The average Bonchev–Trinajstić information content (AvgIpc) is 3.52. The minimum atomic E-state index is -0.245. The third-order valence-electron chi connectivity index (χ3n) is 7.79. The Balaban J connectivity index is 1.32. The predicted octanol–water partition coefficient (Wildman–Crippen LogP) is 5.87. The summed E-state index contributed by atoms with van der Waals surface area (Å²) in [7, 11) is 0. The summed E-state index contributed by atoms with van der Waals surface area (Å²) >= 11 is 0. The van der Waals surface area contributed by atoms with Crippen molar-refractivity contribution in [3.05, 3.63) is 107 Å². The van der Waals surface area contributed by atoms with Crippen LogP contribution in [-0.4, -0.2) is 30.7 Å². The van der Waals surface area contributed by atoms with Gasteiger partial charge in [-0.25, -0.2) is 0 Å². The summed E-state index contributed by atoms with van der Waals surface area (Å²) in [5.74, 6) is 0.461. The van der Waals surface area contributed by atoms with Gasteiger partial charge in [0.15, 0.2) is 0 Å². The maximum atomic E-state index is 8.59. The van der Waals surface area contributed by atoms with Crippen LogP contribution in [0.25, 0.3) is 0 Å². The van der Waals surface area contributed by atoms with Crippen LogP contribution in [0.4, 0.5) is 0 Å². The van der Waals surface area contributed by atoms with Gasteiger partial charge in [0.05, 0.1) is 0 Å². The second-order valence-electron chi connectivity index (χ2n) is 9.71. The number of nitrogens with one attached hydrogen (secondary N) is 1. The summed E-state index contributed by atoms with van der Waals surface area (Å²) in [4.78, 5) is 2.63. The maximum absolute atomic E-state index is 8.59. The fraction of sp³-hybridized carbons (Fsp3) is 0.367. The highest BCUT2D eigenvalue weighted by atomic mass is 15.1. The molecule has 0 radical (unpaired) electrons. The summed E-state index contributed by atoms with van der Waals surface area (Å²) in [5.41, 5.74) is 6.98. The van der Waals surface area contributed by atoms with E-state index in [4.69, 9.17) is 5.41 Å². The zero-order valence-corrected chi connectivity index (χ0v) is 19.0. The molecular weight excluding hydrogens is 388 g/mol. The van der Waals surface area contributed by atoms with E-state index >= 15 is 0 Å². The van der Waals surface area contributed by atoms with Crippen molar-refractivity contribution in [1.29, 1.82) is 5.41 Å². The van der Waals surface area contributed by atoms with Crippen LogP contribution in [0, 0.1) is 11.3 Å². The number of aryl methyl sites for hydroxylation is 2. The van der Waals surface area contributed by atoms with Crippen molar-refractivity contribution in [3.63, 3.8) is 0 Å². The molecule has 2 aliphatic rings. The fourth-order valence-corrected chi connectivity index (χ4v) is 5.94. The number of likely N-dealkylation sites (tertiary alicyclic amines) is 1. The van der Waals surface area contributed by atoms with Crippen LogP contribution < -0.4 is 0 Å². The summed E-state index contributed by atoms with van der Waals surface area (Å²) in [6.07, 6.45) is 8.76. The molecule has 1 saturated heterocycles. The summed E-state index contributed by atoms with van der Waals surface area (Å²) in [5, 5.41) is 8.59. The molecule has 3 aromatic carbocycles. The van der Waals surface area contributed by atoms with E-state index in [2.05, 4.69) is 83.8 Å². The second kappa shape index (κ2) is 9.42. The first-order chi connectivity index (χ1) is 15.8. The lowest BCUT2D eigenvalue weighted by Gasteiger charge is -2.36. The molecule has 2 nitrogen and oxygen atoms in total. The van der Waals surface area contributed by atoms with Crippen molar-refractivity contribution in [2.75, 3.05) is 19.6 Å². The topological polar surface area (TPSA) is 27.1 Å². The number of benzene rings is 3. The molecule has 2 heteroatoms. The van der Waals surface area contributed by atoms with Crippen molar-refractivity contribution in [2.45, 2.75) is 43.9 Å². The van der Waals surface area contributed by atoms with Crippen molar-refractivity contribution >= 4 is 6.21 Å². The van der Waals surface area contributed by atoms with Crippen LogP contribution in [0.15, 0.2) is 78.9 Å². The molecule has 1 aliphatic heterocycles. The molecule has 2 unspecified atom stereocenters. The van der Waals surface area contributed by atoms with Crippen LogP contribution in [0.1, 0.15) is 40.7 Å². The van der Waals surface area contributed by atoms with Gasteiger partial charge in [0.1, 0.15) is 0 Å². The van der Waals surface area contributed by atoms with Gasteiger partial charge in [-0.15, -0.1) is 0 Å². The molecule has 32 heavy (non-hydrogen) atoms. The van der Waals surface area contributed by atoms with E-state index in [0.717, 1.165) is 38.9 Å². The van der Waals surface area contributed by atoms with Gasteiger partial charge >= 0.3 is 0 Å². The van der Waals surface area contributed by atoms with Crippen LogP contribution in [0.2, 0.25) is 0 Å². The maximum Gasteiger partial charge on any atom is 0.0380 e. The van der Waals surface area contributed by atoms with E-state index in [9.17, 15) is 0 Å². The quantitative estimate of drug-likeness (QED) is 0.452. The van der Waals surface area contributed by atoms with E-state index in [1.807, 2.05) is 0 Å². The molecule has 164 valence electrons. The molecule has 0 amide bonds. The van der Waals surface area contributed by atoms with Gasteiger partial charge < -0.3 is 10.3 Å². The minimum Gasteiger partial charge on any atom is -0.312 e. The van der Waals surface area contributed by atoms with Crippen LogP contribution in [0.5, 0.6) is 0 Å². The molecule has 5 rings (SSSR count). The SMILES string of the molecule is N=CC(Cc1ccccc1)(c1ccccc1)C1CCN(CCc2ccc3c(c2)CCC3)C1. The predicted molar refractivity (Wildman–Crippen MR) is 134 cm³/mol. The summed E-state index contributed by atoms with van der Waals surface area (Å²) < 4.78 is 0. The van der Waals surface area contributed by atoms with Gasteiger partial charge in [0.25, 0.3) is 0 Å². The first-order valence-electron chi connectivity index (χ1n) is 12.2. The van der Waals surface area contributed by atoms with Gasteiger partial charge in [-0.1, -0.05) is 78.9 Å². The molecule has 1 fully saturated rings. The Morgan fingerprint density at radius 1 is 0.875 bits per heavy atom. The number of fused-ring (bicyclic) bond motifs is 1. The molecule has 1 heterocycles. The smallest absolute Gasteiger partial charge is 0.0380 e. The molecule has 3 aromatic rings. The molecular formula is C30H34N2. The van der Waals surface area contributed by atoms with Crippen molar-refractivity contribution in [2.24, 2.45) is 5.92 Å². The van der Waals surface area contributed by atoms with Gasteiger partial charge in [-0.2, -0.15) is 0 Å². The average molecular weight is 423 g/mol. The Morgan fingerprint density at radius 3 is 2.41 bits per heavy atom. The van der Waals surface area contributed by atoms with Crippen molar-refractivity contribution in [1.82, 2.24) is 4.90 Å². The van der Waals surface area contributed by atoms with Crippen LogP contribution in [0.3, 0.4) is 0 Å². The van der Waals surface area contributed by atoms with E-state index in [1.165, 1.54) is 36.0 Å². The Kier molecular flexibility index (Phi) is 6.23. The molecule has 2 atom stereocenters. The highest BCUT2D eigenvalue weighted by Gasteiger charge is 2.42. The Morgan fingerprint density at radius 2 is 1.62 bits per heavy atom. The monoisotopic (exact) mass is 422 g/mol. The molecule has 0 bridgehead atoms. The van der Waals surface area contributed by atoms with E-state index < -0.39 is 0 Å². The summed E-state index contributed by atoms with van der Waals surface area (Å²) in [6.45, 7) is 3.32. The minimum absolute atomic E-state index is 0.245. The molecule has 1 aliphatic carbocycles. The van der Waals surface area contributed by atoms with Gasteiger partial charge in [-0.3, -0.25) is 0 Å². The Bertz CT molecular complexity index is 1040. The lowest BCUT2D eigenvalue weighted by atomic mass is 9.67. The number of nitrogens with zero attached hydrogens (tertiary/aromatic N) is 1. The third-order valence-corrected chi connectivity index (χ3v) is 7.79. The molecule has 0 spiro atoms.